The molecule has 3 rings (SSSR count). The normalized spacial score (nSPS) is 17.6. The van der Waals surface area contributed by atoms with Crippen LogP contribution in [0.1, 0.15) is 31.6 Å². The van der Waals surface area contributed by atoms with Crippen LogP contribution in [0.15, 0.2) is 28.8 Å². The molecule has 24 heavy (non-hydrogen) atoms. The summed E-state index contributed by atoms with van der Waals surface area (Å²) in [6, 6.07) is 5.84. The summed E-state index contributed by atoms with van der Waals surface area (Å²) in [4.78, 5) is 27.1. The molecule has 2 amide bonds. The first-order valence-corrected chi connectivity index (χ1v) is 7.35. The Bertz CT molecular complexity index is 763. The second-order valence-corrected chi connectivity index (χ2v) is 5.34. The Labute approximate surface area is 135 Å². The number of aromatic nitrogens is 2. The van der Waals surface area contributed by atoms with Crippen LogP contribution in [0, 0.1) is 0 Å². The third-order valence-corrected chi connectivity index (χ3v) is 3.57. The van der Waals surface area contributed by atoms with Gasteiger partial charge < -0.3 is 15.2 Å². The number of piperidine rings is 1. The number of carbonyl (C=O) groups excluding carboxylic acids is 2. The molecule has 0 radical (unpaired) electrons. The molecule has 0 saturated carbocycles. The minimum absolute atomic E-state index is 0.00682. The van der Waals surface area contributed by atoms with E-state index < -0.39 is 18.4 Å². The number of nitrogens with one attached hydrogen (secondary N) is 2. The van der Waals surface area contributed by atoms with E-state index in [1.165, 1.54) is 0 Å². The summed E-state index contributed by atoms with van der Waals surface area (Å²) in [6.07, 6.45) is -1.20. The fraction of sp³-hybridized carbons (Fsp3) is 0.333. The summed E-state index contributed by atoms with van der Waals surface area (Å²) < 4.78 is 29.5. The summed E-state index contributed by atoms with van der Waals surface area (Å²) >= 11 is 0. The molecule has 0 bridgehead atoms. The highest BCUT2D eigenvalue weighted by Crippen LogP contribution is 2.23. The molecule has 0 aliphatic carbocycles. The van der Waals surface area contributed by atoms with Crippen LogP contribution in [0.2, 0.25) is 0 Å². The first-order chi connectivity index (χ1) is 11.5. The molecule has 2 N–H and O–H groups in total. The Kier molecular flexibility index (Phi) is 4.50. The van der Waals surface area contributed by atoms with Crippen molar-refractivity contribution in [3.05, 3.63) is 30.2 Å². The molecule has 1 aromatic heterocycles. The maximum atomic E-state index is 12.5. The molecule has 1 fully saturated rings. The minimum atomic E-state index is -2.84. The Morgan fingerprint density at radius 2 is 2.25 bits per heavy atom. The zero-order valence-corrected chi connectivity index (χ0v) is 12.5. The topological polar surface area (TPSA) is 97.1 Å². The summed E-state index contributed by atoms with van der Waals surface area (Å²) in [5.41, 5.74) is 0.872. The summed E-state index contributed by atoms with van der Waals surface area (Å²) in [5, 5.41) is 8.80. The maximum Gasteiger partial charge on any atom is 0.315 e. The Balaban J connectivity index is 1.72. The van der Waals surface area contributed by atoms with Gasteiger partial charge in [0.05, 0.1) is 0 Å². The fourth-order valence-corrected chi connectivity index (χ4v) is 2.41. The molecule has 2 heterocycles. The average molecular weight is 336 g/mol. The van der Waals surface area contributed by atoms with E-state index >= 15 is 0 Å². The number of carbonyl (C=O) groups is 2. The zero-order chi connectivity index (χ0) is 17.1. The quantitative estimate of drug-likeness (QED) is 0.893. The van der Waals surface area contributed by atoms with Crippen molar-refractivity contribution < 1.29 is 22.9 Å². The molecule has 9 heteroatoms. The molecule has 0 spiro atoms. The van der Waals surface area contributed by atoms with Crippen molar-refractivity contribution in [2.24, 2.45) is 0 Å². The molecule has 1 atom stereocenters. The van der Waals surface area contributed by atoms with Gasteiger partial charge in [-0.1, -0.05) is 17.3 Å². The van der Waals surface area contributed by atoms with Gasteiger partial charge in [-0.05, 0) is 25.0 Å². The average Bonchev–Trinajstić information content (AvgIpc) is 3.05. The Hall–Kier alpha value is -2.84. The van der Waals surface area contributed by atoms with Crippen LogP contribution in [0.3, 0.4) is 0 Å². The van der Waals surface area contributed by atoms with E-state index in [4.69, 9.17) is 0 Å². The van der Waals surface area contributed by atoms with Crippen molar-refractivity contribution in [3.63, 3.8) is 0 Å². The predicted octanol–water partition coefficient (Wildman–Crippen LogP) is 2.28. The van der Waals surface area contributed by atoms with Gasteiger partial charge >= 0.3 is 6.43 Å². The molecule has 1 aliphatic heterocycles. The first-order valence-electron chi connectivity index (χ1n) is 7.35. The molecule has 126 valence electrons. The molecular formula is C15H14F2N4O3. The highest BCUT2D eigenvalue weighted by molar-refractivity contribution is 5.98. The van der Waals surface area contributed by atoms with Gasteiger partial charge in [0.1, 0.15) is 6.04 Å². The summed E-state index contributed by atoms with van der Waals surface area (Å²) in [6.45, 7) is 0. The lowest BCUT2D eigenvalue weighted by atomic mass is 10.0. The van der Waals surface area contributed by atoms with Crippen LogP contribution >= 0.6 is 0 Å². The van der Waals surface area contributed by atoms with Crippen molar-refractivity contribution in [3.8, 4) is 11.4 Å². The summed E-state index contributed by atoms with van der Waals surface area (Å²) in [5.74, 6) is -1.24. The third-order valence-electron chi connectivity index (χ3n) is 3.57. The van der Waals surface area contributed by atoms with Gasteiger partial charge in [-0.3, -0.25) is 9.59 Å². The number of benzene rings is 1. The molecule has 2 aromatic rings. The van der Waals surface area contributed by atoms with Gasteiger partial charge in [0.2, 0.25) is 17.6 Å². The number of hydrogen-bond donors (Lipinski definition) is 2. The standard InChI is InChI=1S/C15H14F2N4O3/c16-12(17)15-20-13(21-24-15)8-3-1-4-9(7-8)18-14(23)10-5-2-6-11(22)19-10/h1,3-4,7,10,12H,2,5-6H2,(H,18,23)(H,19,22)/t10-/m1/s1. The van der Waals surface area contributed by atoms with Crippen LogP contribution in [-0.4, -0.2) is 28.0 Å². The van der Waals surface area contributed by atoms with Crippen molar-refractivity contribution in [1.29, 1.82) is 0 Å². The molecule has 1 aromatic carbocycles. The Morgan fingerprint density at radius 3 is 2.96 bits per heavy atom. The van der Waals surface area contributed by atoms with Gasteiger partial charge in [0.15, 0.2) is 0 Å². The van der Waals surface area contributed by atoms with Crippen LogP contribution in [0.25, 0.3) is 11.4 Å². The second-order valence-electron chi connectivity index (χ2n) is 5.34. The number of alkyl halides is 2. The van der Waals surface area contributed by atoms with Crippen molar-refractivity contribution in [2.45, 2.75) is 31.7 Å². The highest BCUT2D eigenvalue weighted by Gasteiger charge is 2.24. The zero-order valence-electron chi connectivity index (χ0n) is 12.5. The highest BCUT2D eigenvalue weighted by atomic mass is 19.3. The van der Waals surface area contributed by atoms with Gasteiger partial charge in [-0.25, -0.2) is 0 Å². The smallest absolute Gasteiger partial charge is 0.315 e. The maximum absolute atomic E-state index is 12.5. The van der Waals surface area contributed by atoms with Crippen molar-refractivity contribution >= 4 is 17.5 Å². The number of amides is 2. The summed E-state index contributed by atoms with van der Waals surface area (Å²) in [7, 11) is 0. The van der Waals surface area contributed by atoms with Crippen molar-refractivity contribution in [2.75, 3.05) is 5.32 Å². The predicted molar refractivity (Wildman–Crippen MR) is 79.1 cm³/mol. The van der Waals surface area contributed by atoms with E-state index in [1.54, 1.807) is 24.3 Å². The lowest BCUT2D eigenvalue weighted by molar-refractivity contribution is -0.128. The van der Waals surface area contributed by atoms with E-state index in [-0.39, 0.29) is 17.6 Å². The number of rotatable bonds is 4. The van der Waals surface area contributed by atoms with Gasteiger partial charge in [-0.2, -0.15) is 13.8 Å². The number of nitrogens with zero attached hydrogens (tertiary/aromatic N) is 2. The fourth-order valence-electron chi connectivity index (χ4n) is 2.41. The monoisotopic (exact) mass is 336 g/mol. The number of hydrogen-bond acceptors (Lipinski definition) is 5. The van der Waals surface area contributed by atoms with E-state index in [0.717, 1.165) is 0 Å². The van der Waals surface area contributed by atoms with E-state index in [0.29, 0.717) is 30.5 Å². The molecule has 7 nitrogen and oxygen atoms in total. The molecule has 1 saturated heterocycles. The lowest BCUT2D eigenvalue weighted by Crippen LogP contribution is -2.46. The molecule has 1 aliphatic rings. The SMILES string of the molecule is O=C1CCC[C@H](C(=O)Nc2cccc(-c3noc(C(F)F)n3)c2)N1. The largest absolute Gasteiger partial charge is 0.344 e. The van der Waals surface area contributed by atoms with E-state index in [1.807, 2.05) is 0 Å². The van der Waals surface area contributed by atoms with Crippen LogP contribution < -0.4 is 10.6 Å². The first kappa shape index (κ1) is 16.0. The van der Waals surface area contributed by atoms with Gasteiger partial charge in [0.25, 0.3) is 5.89 Å². The van der Waals surface area contributed by atoms with Crippen LogP contribution in [0.5, 0.6) is 0 Å². The third kappa shape index (κ3) is 3.55. The minimum Gasteiger partial charge on any atom is -0.344 e. The lowest BCUT2D eigenvalue weighted by Gasteiger charge is -2.22. The van der Waals surface area contributed by atoms with Crippen molar-refractivity contribution in [1.82, 2.24) is 15.5 Å². The second kappa shape index (κ2) is 6.73. The van der Waals surface area contributed by atoms with Crippen LogP contribution in [0.4, 0.5) is 14.5 Å². The number of anilines is 1. The van der Waals surface area contributed by atoms with Crippen LogP contribution in [-0.2, 0) is 9.59 Å². The van der Waals surface area contributed by atoms with Gasteiger partial charge in [0, 0.05) is 17.7 Å². The van der Waals surface area contributed by atoms with E-state index in [9.17, 15) is 18.4 Å². The molecule has 0 unspecified atom stereocenters. The van der Waals surface area contributed by atoms with Gasteiger partial charge in [-0.15, -0.1) is 0 Å². The Morgan fingerprint density at radius 1 is 1.42 bits per heavy atom. The number of halogens is 2. The molecular weight excluding hydrogens is 322 g/mol. The van der Waals surface area contributed by atoms with E-state index in [2.05, 4.69) is 25.3 Å².